The molecule has 1 aliphatic heterocycles. The van der Waals surface area contributed by atoms with Crippen molar-refractivity contribution in [3.05, 3.63) is 23.8 Å². The summed E-state index contributed by atoms with van der Waals surface area (Å²) in [4.78, 5) is 14.3. The second-order valence-electron chi connectivity index (χ2n) is 5.78. The van der Waals surface area contributed by atoms with Crippen LogP contribution in [0.2, 0.25) is 0 Å². The Labute approximate surface area is 124 Å². The standard InChI is InChI=1S/C15H22N2O4/c1-15(2)10-21-9-8-17(15)7-6-16-14(20)13-11(18)4-3-5-12(13)19/h3-5,18-19H,6-10H2,1-2H3,(H,16,20). The van der Waals surface area contributed by atoms with Gasteiger partial charge < -0.3 is 20.3 Å². The molecule has 2 rings (SSSR count). The molecule has 3 N–H and O–H groups in total. The Morgan fingerprint density at radius 2 is 2.05 bits per heavy atom. The molecule has 0 radical (unpaired) electrons. The van der Waals surface area contributed by atoms with E-state index < -0.39 is 5.91 Å². The van der Waals surface area contributed by atoms with Gasteiger partial charge in [-0.15, -0.1) is 0 Å². The largest absolute Gasteiger partial charge is 0.507 e. The molecule has 0 saturated carbocycles. The van der Waals surface area contributed by atoms with Gasteiger partial charge in [0.2, 0.25) is 0 Å². The molecule has 6 nitrogen and oxygen atoms in total. The summed E-state index contributed by atoms with van der Waals surface area (Å²) >= 11 is 0. The molecule has 6 heteroatoms. The van der Waals surface area contributed by atoms with E-state index in [0.29, 0.717) is 26.3 Å². The van der Waals surface area contributed by atoms with E-state index >= 15 is 0 Å². The molecule has 1 saturated heterocycles. The highest BCUT2D eigenvalue weighted by atomic mass is 16.5. The second-order valence-corrected chi connectivity index (χ2v) is 5.78. The first kappa shape index (κ1) is 15.6. The maximum Gasteiger partial charge on any atom is 0.258 e. The zero-order valence-electron chi connectivity index (χ0n) is 12.4. The molecule has 0 aliphatic carbocycles. The predicted molar refractivity (Wildman–Crippen MR) is 78.6 cm³/mol. The minimum Gasteiger partial charge on any atom is -0.507 e. The van der Waals surface area contributed by atoms with E-state index in [4.69, 9.17) is 4.74 Å². The van der Waals surface area contributed by atoms with Crippen LogP contribution in [0.3, 0.4) is 0 Å². The number of phenols is 2. The third kappa shape index (κ3) is 3.65. The van der Waals surface area contributed by atoms with Crippen molar-refractivity contribution in [1.29, 1.82) is 0 Å². The molecule has 0 atom stereocenters. The van der Waals surface area contributed by atoms with Crippen molar-refractivity contribution in [2.24, 2.45) is 0 Å². The lowest BCUT2D eigenvalue weighted by Gasteiger charge is -2.42. The Morgan fingerprint density at radius 3 is 2.67 bits per heavy atom. The van der Waals surface area contributed by atoms with Crippen molar-refractivity contribution < 1.29 is 19.7 Å². The SMILES string of the molecule is CC1(C)COCCN1CCNC(=O)c1c(O)cccc1O. The highest BCUT2D eigenvalue weighted by Gasteiger charge is 2.30. The third-order valence-corrected chi connectivity index (χ3v) is 3.73. The number of carbonyl (C=O) groups excluding carboxylic acids is 1. The number of phenolic OH excluding ortho intramolecular Hbond substituents is 2. The number of benzene rings is 1. The van der Waals surface area contributed by atoms with Crippen molar-refractivity contribution in [2.75, 3.05) is 32.8 Å². The van der Waals surface area contributed by atoms with Crippen molar-refractivity contribution in [2.45, 2.75) is 19.4 Å². The topological polar surface area (TPSA) is 82.0 Å². The summed E-state index contributed by atoms with van der Waals surface area (Å²) in [6.07, 6.45) is 0. The van der Waals surface area contributed by atoms with Crippen LogP contribution in [-0.2, 0) is 4.74 Å². The van der Waals surface area contributed by atoms with E-state index in [-0.39, 0.29) is 22.6 Å². The van der Waals surface area contributed by atoms with Gasteiger partial charge in [-0.3, -0.25) is 9.69 Å². The molecule has 0 unspecified atom stereocenters. The van der Waals surface area contributed by atoms with Crippen LogP contribution in [0.4, 0.5) is 0 Å². The number of ether oxygens (including phenoxy) is 1. The summed E-state index contributed by atoms with van der Waals surface area (Å²) in [5.41, 5.74) is -0.140. The number of morpholine rings is 1. The average molecular weight is 294 g/mol. The zero-order valence-corrected chi connectivity index (χ0v) is 12.4. The number of hydrogen-bond acceptors (Lipinski definition) is 5. The summed E-state index contributed by atoms with van der Waals surface area (Å²) in [7, 11) is 0. The van der Waals surface area contributed by atoms with Crippen molar-refractivity contribution >= 4 is 5.91 Å². The predicted octanol–water partition coefficient (Wildman–Crippen LogP) is 0.938. The molecule has 116 valence electrons. The maximum atomic E-state index is 12.0. The van der Waals surface area contributed by atoms with Crippen molar-refractivity contribution in [3.63, 3.8) is 0 Å². The normalized spacial score (nSPS) is 18.4. The van der Waals surface area contributed by atoms with Crippen LogP contribution in [-0.4, -0.2) is 59.4 Å². The van der Waals surface area contributed by atoms with Crippen LogP contribution >= 0.6 is 0 Å². The van der Waals surface area contributed by atoms with Crippen LogP contribution in [0, 0.1) is 0 Å². The van der Waals surface area contributed by atoms with Gasteiger partial charge in [-0.05, 0) is 26.0 Å². The lowest BCUT2D eigenvalue weighted by atomic mass is 10.0. The van der Waals surface area contributed by atoms with E-state index in [9.17, 15) is 15.0 Å². The second kappa shape index (κ2) is 6.32. The lowest BCUT2D eigenvalue weighted by molar-refractivity contribution is -0.0498. The molecule has 21 heavy (non-hydrogen) atoms. The van der Waals surface area contributed by atoms with Crippen LogP contribution in [0.5, 0.6) is 11.5 Å². The molecule has 0 spiro atoms. The van der Waals surface area contributed by atoms with E-state index in [1.54, 1.807) is 0 Å². The number of amides is 1. The van der Waals surface area contributed by atoms with Crippen molar-refractivity contribution in [1.82, 2.24) is 10.2 Å². The van der Waals surface area contributed by atoms with Gasteiger partial charge in [-0.25, -0.2) is 0 Å². The van der Waals surface area contributed by atoms with Crippen LogP contribution < -0.4 is 5.32 Å². The molecule has 0 bridgehead atoms. The number of nitrogens with one attached hydrogen (secondary N) is 1. The highest BCUT2D eigenvalue weighted by molar-refractivity contribution is 5.99. The molecular weight excluding hydrogens is 272 g/mol. The van der Waals surface area contributed by atoms with Crippen LogP contribution in [0.25, 0.3) is 0 Å². The molecule has 1 aromatic rings. The molecule has 1 heterocycles. The number of hydrogen-bond donors (Lipinski definition) is 3. The smallest absolute Gasteiger partial charge is 0.258 e. The molecule has 1 fully saturated rings. The molecule has 1 aromatic carbocycles. The van der Waals surface area contributed by atoms with Crippen LogP contribution in [0.1, 0.15) is 24.2 Å². The zero-order chi connectivity index (χ0) is 15.5. The Bertz CT molecular complexity index is 496. The van der Waals surface area contributed by atoms with Gasteiger partial charge in [0.15, 0.2) is 0 Å². The Balaban J connectivity index is 1.90. The van der Waals surface area contributed by atoms with E-state index in [1.807, 2.05) is 0 Å². The molecule has 0 aromatic heterocycles. The first-order chi connectivity index (χ1) is 9.92. The first-order valence-corrected chi connectivity index (χ1v) is 7.04. The van der Waals surface area contributed by atoms with Gasteiger partial charge in [0.1, 0.15) is 17.1 Å². The average Bonchev–Trinajstić information content (AvgIpc) is 2.40. The van der Waals surface area contributed by atoms with Gasteiger partial charge in [0.05, 0.1) is 13.2 Å². The Hall–Kier alpha value is -1.79. The number of carbonyl (C=O) groups is 1. The van der Waals surface area contributed by atoms with E-state index in [1.165, 1.54) is 18.2 Å². The Kier molecular flexibility index (Phi) is 4.69. The van der Waals surface area contributed by atoms with Crippen molar-refractivity contribution in [3.8, 4) is 11.5 Å². The Morgan fingerprint density at radius 1 is 1.38 bits per heavy atom. The summed E-state index contributed by atoms with van der Waals surface area (Å²) in [5, 5.41) is 22.0. The van der Waals surface area contributed by atoms with Gasteiger partial charge in [0, 0.05) is 25.2 Å². The third-order valence-electron chi connectivity index (χ3n) is 3.73. The quantitative estimate of drug-likeness (QED) is 0.770. The highest BCUT2D eigenvalue weighted by Crippen LogP contribution is 2.25. The van der Waals surface area contributed by atoms with Gasteiger partial charge in [-0.1, -0.05) is 6.07 Å². The molecule has 1 aliphatic rings. The minimum absolute atomic E-state index is 0.0556. The number of rotatable bonds is 4. The van der Waals surface area contributed by atoms with Gasteiger partial charge >= 0.3 is 0 Å². The fourth-order valence-electron chi connectivity index (χ4n) is 2.46. The summed E-state index contributed by atoms with van der Waals surface area (Å²) in [6, 6.07) is 4.23. The molecular formula is C15H22N2O4. The van der Waals surface area contributed by atoms with Gasteiger partial charge in [-0.2, -0.15) is 0 Å². The summed E-state index contributed by atoms with van der Waals surface area (Å²) in [6.45, 7) is 7.52. The number of nitrogens with zero attached hydrogens (tertiary/aromatic N) is 1. The van der Waals surface area contributed by atoms with E-state index in [2.05, 4.69) is 24.1 Å². The lowest BCUT2D eigenvalue weighted by Crippen LogP contribution is -2.54. The minimum atomic E-state index is -0.475. The number of aromatic hydroxyl groups is 2. The summed E-state index contributed by atoms with van der Waals surface area (Å²) in [5.74, 6) is -0.921. The van der Waals surface area contributed by atoms with E-state index in [0.717, 1.165) is 6.54 Å². The summed E-state index contributed by atoms with van der Waals surface area (Å²) < 4.78 is 5.45. The monoisotopic (exact) mass is 294 g/mol. The maximum absolute atomic E-state index is 12.0. The fraction of sp³-hybridized carbons (Fsp3) is 0.533. The van der Waals surface area contributed by atoms with Gasteiger partial charge in [0.25, 0.3) is 5.91 Å². The molecule has 1 amide bonds. The van der Waals surface area contributed by atoms with Crippen LogP contribution in [0.15, 0.2) is 18.2 Å². The fourth-order valence-corrected chi connectivity index (χ4v) is 2.46. The first-order valence-electron chi connectivity index (χ1n) is 7.04.